The number of nitrogen functional groups attached to an aromatic ring is 1. The molecule has 1 aliphatic rings. The molecule has 0 fully saturated rings. The first kappa shape index (κ1) is 12.9. The lowest BCUT2D eigenvalue weighted by molar-refractivity contribution is 0.411. The van der Waals surface area contributed by atoms with Gasteiger partial charge in [0.1, 0.15) is 5.75 Å². The zero-order valence-corrected chi connectivity index (χ0v) is 13.1. The van der Waals surface area contributed by atoms with Gasteiger partial charge in [-0.3, -0.25) is 0 Å². The number of hydrogen-bond donors (Lipinski definition) is 1. The first-order valence-corrected chi connectivity index (χ1v) is 7.88. The normalized spacial score (nSPS) is 18.1. The highest BCUT2D eigenvalue weighted by Gasteiger charge is 2.26. The number of methoxy groups -OCH3 is 1. The summed E-state index contributed by atoms with van der Waals surface area (Å²) < 4.78 is 6.37. The van der Waals surface area contributed by atoms with E-state index in [0.29, 0.717) is 11.0 Å². The van der Waals surface area contributed by atoms with Crippen LogP contribution in [-0.4, -0.2) is 12.1 Å². The highest BCUT2D eigenvalue weighted by atomic mass is 79.9. The molecule has 0 saturated carbocycles. The van der Waals surface area contributed by atoms with Crippen LogP contribution in [0.1, 0.15) is 34.9 Å². The van der Waals surface area contributed by atoms with Crippen molar-refractivity contribution < 1.29 is 4.74 Å². The zero-order valence-electron chi connectivity index (χ0n) is 10.6. The number of rotatable bonds is 2. The van der Waals surface area contributed by atoms with Gasteiger partial charge < -0.3 is 10.5 Å². The van der Waals surface area contributed by atoms with Crippen molar-refractivity contribution in [3.05, 3.63) is 38.8 Å². The SMILES string of the molecule is COc1cc(C2CCCc3nc(N)sc32)ccc1Br. The van der Waals surface area contributed by atoms with E-state index in [1.807, 2.05) is 6.07 Å². The fraction of sp³-hybridized carbons (Fsp3) is 0.357. The molecule has 1 aromatic heterocycles. The molecular weight excluding hydrogens is 324 g/mol. The highest BCUT2D eigenvalue weighted by Crippen LogP contribution is 2.42. The predicted octanol–water partition coefficient (Wildman–Crippen LogP) is 3.96. The minimum absolute atomic E-state index is 0.403. The number of hydrogen-bond acceptors (Lipinski definition) is 4. The maximum absolute atomic E-state index is 5.85. The summed E-state index contributed by atoms with van der Waals surface area (Å²) in [5.41, 5.74) is 8.32. The van der Waals surface area contributed by atoms with Gasteiger partial charge in [-0.2, -0.15) is 0 Å². The third kappa shape index (κ3) is 2.37. The molecule has 3 nitrogen and oxygen atoms in total. The quantitative estimate of drug-likeness (QED) is 0.901. The Bertz CT molecular complexity index is 611. The Morgan fingerprint density at radius 3 is 3.11 bits per heavy atom. The summed E-state index contributed by atoms with van der Waals surface area (Å²) in [6.45, 7) is 0. The molecule has 3 rings (SSSR count). The number of fused-ring (bicyclic) bond motifs is 1. The zero-order chi connectivity index (χ0) is 13.4. The molecule has 1 heterocycles. The molecule has 0 amide bonds. The summed E-state index contributed by atoms with van der Waals surface area (Å²) in [6, 6.07) is 6.31. The molecule has 2 N–H and O–H groups in total. The van der Waals surface area contributed by atoms with Crippen molar-refractivity contribution in [2.45, 2.75) is 25.2 Å². The van der Waals surface area contributed by atoms with E-state index in [1.165, 1.54) is 22.6 Å². The topological polar surface area (TPSA) is 48.1 Å². The molecule has 0 radical (unpaired) electrons. The van der Waals surface area contributed by atoms with Crippen molar-refractivity contribution >= 4 is 32.4 Å². The van der Waals surface area contributed by atoms with Gasteiger partial charge in [-0.15, -0.1) is 11.3 Å². The summed E-state index contributed by atoms with van der Waals surface area (Å²) in [5.74, 6) is 1.28. The van der Waals surface area contributed by atoms with E-state index < -0.39 is 0 Å². The van der Waals surface area contributed by atoms with Crippen molar-refractivity contribution in [2.24, 2.45) is 0 Å². The molecule has 1 unspecified atom stereocenters. The Morgan fingerprint density at radius 2 is 2.32 bits per heavy atom. The summed E-state index contributed by atoms with van der Waals surface area (Å²) >= 11 is 5.12. The summed E-state index contributed by atoms with van der Waals surface area (Å²) in [4.78, 5) is 5.77. The van der Waals surface area contributed by atoms with E-state index in [1.54, 1.807) is 18.4 Å². The number of aromatic nitrogens is 1. The molecule has 1 atom stereocenters. The van der Waals surface area contributed by atoms with Crippen LogP contribution in [0.2, 0.25) is 0 Å². The van der Waals surface area contributed by atoms with Crippen LogP contribution >= 0.6 is 27.3 Å². The maximum atomic E-state index is 5.85. The van der Waals surface area contributed by atoms with Gasteiger partial charge in [0.15, 0.2) is 5.13 Å². The summed E-state index contributed by atoms with van der Waals surface area (Å²) in [6.07, 6.45) is 3.37. The molecule has 0 spiro atoms. The Hall–Kier alpha value is -1.07. The lowest BCUT2D eigenvalue weighted by Gasteiger charge is -2.22. The van der Waals surface area contributed by atoms with Crippen molar-refractivity contribution in [2.75, 3.05) is 12.8 Å². The van der Waals surface area contributed by atoms with Gasteiger partial charge in [0.05, 0.1) is 17.3 Å². The minimum Gasteiger partial charge on any atom is -0.496 e. The lowest BCUT2D eigenvalue weighted by atomic mass is 9.86. The largest absolute Gasteiger partial charge is 0.496 e. The summed E-state index contributed by atoms with van der Waals surface area (Å²) in [5, 5.41) is 0.681. The van der Waals surface area contributed by atoms with Crippen LogP contribution in [0, 0.1) is 0 Å². The number of nitrogens with two attached hydrogens (primary N) is 1. The van der Waals surface area contributed by atoms with Gasteiger partial charge in [0.2, 0.25) is 0 Å². The van der Waals surface area contributed by atoms with Gasteiger partial charge in [0, 0.05) is 10.8 Å². The molecule has 2 aromatic rings. The predicted molar refractivity (Wildman–Crippen MR) is 82.0 cm³/mol. The molecular formula is C14H15BrN2OS. The van der Waals surface area contributed by atoms with Crippen molar-refractivity contribution in [3.63, 3.8) is 0 Å². The van der Waals surface area contributed by atoms with E-state index in [4.69, 9.17) is 10.5 Å². The summed E-state index contributed by atoms with van der Waals surface area (Å²) in [7, 11) is 1.70. The Kier molecular flexibility index (Phi) is 3.50. The van der Waals surface area contributed by atoms with Crippen LogP contribution in [0.4, 0.5) is 5.13 Å². The van der Waals surface area contributed by atoms with E-state index in [-0.39, 0.29) is 0 Å². The molecule has 5 heteroatoms. The highest BCUT2D eigenvalue weighted by molar-refractivity contribution is 9.10. The Morgan fingerprint density at radius 1 is 1.47 bits per heavy atom. The van der Waals surface area contributed by atoms with Crippen LogP contribution in [0.5, 0.6) is 5.75 Å². The molecule has 19 heavy (non-hydrogen) atoms. The van der Waals surface area contributed by atoms with Crippen LogP contribution < -0.4 is 10.5 Å². The fourth-order valence-corrected chi connectivity index (χ4v) is 4.10. The lowest BCUT2D eigenvalue weighted by Crippen LogP contribution is -2.09. The van der Waals surface area contributed by atoms with E-state index >= 15 is 0 Å². The number of thiazole rings is 1. The van der Waals surface area contributed by atoms with Gasteiger partial charge >= 0.3 is 0 Å². The smallest absolute Gasteiger partial charge is 0.180 e. The van der Waals surface area contributed by atoms with E-state index in [2.05, 4.69) is 33.0 Å². The van der Waals surface area contributed by atoms with Crippen LogP contribution in [0.25, 0.3) is 0 Å². The number of aryl methyl sites for hydroxylation is 1. The number of benzene rings is 1. The third-order valence-corrected chi connectivity index (χ3v) is 5.24. The van der Waals surface area contributed by atoms with Gasteiger partial charge in [-0.05, 0) is 52.9 Å². The monoisotopic (exact) mass is 338 g/mol. The Labute approximate surface area is 124 Å². The molecule has 0 aliphatic heterocycles. The average Bonchev–Trinajstić information content (AvgIpc) is 2.79. The third-order valence-electron chi connectivity index (χ3n) is 3.54. The molecule has 100 valence electrons. The number of nitrogens with zero attached hydrogens (tertiary/aromatic N) is 1. The first-order valence-electron chi connectivity index (χ1n) is 6.27. The second-order valence-corrected chi connectivity index (χ2v) is 6.62. The standard InChI is InChI=1S/C14H15BrN2OS/c1-18-12-7-8(5-6-10(12)15)9-3-2-4-11-13(9)19-14(16)17-11/h5-7,9H,2-4H2,1H3,(H2,16,17). The van der Waals surface area contributed by atoms with Crippen molar-refractivity contribution in [1.82, 2.24) is 4.98 Å². The van der Waals surface area contributed by atoms with Crippen molar-refractivity contribution in [1.29, 1.82) is 0 Å². The molecule has 0 bridgehead atoms. The number of ether oxygens (including phenoxy) is 1. The molecule has 1 aliphatic carbocycles. The van der Waals surface area contributed by atoms with Crippen molar-refractivity contribution in [3.8, 4) is 5.75 Å². The van der Waals surface area contributed by atoms with Gasteiger partial charge in [-0.1, -0.05) is 6.07 Å². The Balaban J connectivity index is 2.03. The molecule has 1 aromatic carbocycles. The molecule has 0 saturated heterocycles. The number of halogens is 1. The van der Waals surface area contributed by atoms with Crippen LogP contribution in [-0.2, 0) is 6.42 Å². The van der Waals surface area contributed by atoms with Crippen LogP contribution in [0.15, 0.2) is 22.7 Å². The number of anilines is 1. The second-order valence-electron chi connectivity index (χ2n) is 4.70. The maximum Gasteiger partial charge on any atom is 0.180 e. The second kappa shape index (κ2) is 5.13. The van der Waals surface area contributed by atoms with Gasteiger partial charge in [0.25, 0.3) is 0 Å². The van der Waals surface area contributed by atoms with Crippen LogP contribution in [0.3, 0.4) is 0 Å². The van der Waals surface area contributed by atoms with Gasteiger partial charge in [-0.25, -0.2) is 4.98 Å². The van der Waals surface area contributed by atoms with E-state index in [0.717, 1.165) is 23.1 Å². The minimum atomic E-state index is 0.403. The average molecular weight is 339 g/mol. The van der Waals surface area contributed by atoms with E-state index in [9.17, 15) is 0 Å². The first-order chi connectivity index (χ1) is 9.19. The fourth-order valence-electron chi connectivity index (χ4n) is 2.65.